The zero-order valence-corrected chi connectivity index (χ0v) is 11.9. The van der Waals surface area contributed by atoms with E-state index in [9.17, 15) is 43.2 Å². The van der Waals surface area contributed by atoms with E-state index in [0.717, 1.165) is 6.92 Å². The molecular weight excluding hydrogens is 358 g/mol. The van der Waals surface area contributed by atoms with E-state index < -0.39 is 56.8 Å². The average molecular weight is 368 g/mol. The molecule has 0 bridgehead atoms. The fourth-order valence-corrected chi connectivity index (χ4v) is 2.03. The highest BCUT2D eigenvalue weighted by molar-refractivity contribution is 7.87. The van der Waals surface area contributed by atoms with Crippen molar-refractivity contribution in [3.63, 3.8) is 0 Å². The van der Waals surface area contributed by atoms with Crippen LogP contribution in [0.3, 0.4) is 0 Å². The molecule has 0 aromatic rings. The second-order valence-corrected chi connectivity index (χ2v) is 6.84. The number of hydrogen-bond acceptors (Lipinski definition) is 6. The van der Waals surface area contributed by atoms with Crippen LogP contribution in [0.1, 0.15) is 19.8 Å². The highest BCUT2D eigenvalue weighted by Gasteiger charge is 2.48. The predicted octanol–water partition coefficient (Wildman–Crippen LogP) is 1.89. The van der Waals surface area contributed by atoms with E-state index >= 15 is 0 Å². The first-order chi connectivity index (χ1) is 9.10. The van der Waals surface area contributed by atoms with E-state index in [1.54, 1.807) is 0 Å². The maximum atomic E-state index is 11.9. The van der Waals surface area contributed by atoms with Gasteiger partial charge in [-0.3, -0.25) is 8.37 Å². The van der Waals surface area contributed by atoms with E-state index in [2.05, 4.69) is 8.37 Å². The minimum atomic E-state index is -5.82. The Hall–Kier alpha value is -0.600. The van der Waals surface area contributed by atoms with Gasteiger partial charge in [-0.15, -0.1) is 0 Å². The lowest BCUT2D eigenvalue weighted by Crippen LogP contribution is -2.29. The smallest absolute Gasteiger partial charge is 0.263 e. The molecule has 0 N–H and O–H groups in total. The van der Waals surface area contributed by atoms with Crippen molar-refractivity contribution < 1.29 is 51.5 Å². The molecule has 0 saturated heterocycles. The fourth-order valence-electron chi connectivity index (χ4n) is 0.925. The van der Waals surface area contributed by atoms with Gasteiger partial charge in [-0.1, -0.05) is 0 Å². The maximum Gasteiger partial charge on any atom is 0.523 e. The fraction of sp³-hybridized carbons (Fsp3) is 1.00. The topological polar surface area (TPSA) is 86.7 Å². The van der Waals surface area contributed by atoms with E-state index in [-0.39, 0.29) is 0 Å². The summed E-state index contributed by atoms with van der Waals surface area (Å²) in [5.74, 6) is 0. The van der Waals surface area contributed by atoms with Gasteiger partial charge in [-0.2, -0.15) is 43.2 Å². The normalized spacial score (nSPS) is 16.0. The quantitative estimate of drug-likeness (QED) is 0.295. The largest absolute Gasteiger partial charge is 0.523 e. The van der Waals surface area contributed by atoms with Gasteiger partial charge < -0.3 is 0 Å². The van der Waals surface area contributed by atoms with E-state index in [4.69, 9.17) is 0 Å². The van der Waals surface area contributed by atoms with E-state index in [1.165, 1.54) is 0 Å². The van der Waals surface area contributed by atoms with Crippen molar-refractivity contribution in [1.82, 2.24) is 0 Å². The van der Waals surface area contributed by atoms with Gasteiger partial charge in [0, 0.05) is 0 Å². The summed E-state index contributed by atoms with van der Waals surface area (Å²) in [6.07, 6.45) is -2.46. The van der Waals surface area contributed by atoms with Crippen LogP contribution in [0.5, 0.6) is 0 Å². The summed E-state index contributed by atoms with van der Waals surface area (Å²) in [7, 11) is -11.6. The Kier molecular flexibility index (Phi) is 6.47. The monoisotopic (exact) mass is 368 g/mol. The number of alkyl halides is 6. The minimum absolute atomic E-state index is 0.468. The SMILES string of the molecule is CC(CCCOS(=O)(=O)C(F)(F)F)OS(=O)(=O)C(F)(F)F. The van der Waals surface area contributed by atoms with Crippen LogP contribution in [0.2, 0.25) is 0 Å². The second kappa shape index (κ2) is 6.66. The maximum absolute atomic E-state index is 11.9. The van der Waals surface area contributed by atoms with Crippen molar-refractivity contribution >= 4 is 20.2 Å². The zero-order chi connectivity index (χ0) is 17.1. The van der Waals surface area contributed by atoms with Crippen molar-refractivity contribution in [3.05, 3.63) is 0 Å². The van der Waals surface area contributed by atoms with Gasteiger partial charge in [-0.25, -0.2) is 0 Å². The third kappa shape index (κ3) is 6.36. The average Bonchev–Trinajstić information content (AvgIpc) is 2.20. The van der Waals surface area contributed by atoms with Crippen LogP contribution in [-0.2, 0) is 28.6 Å². The molecule has 0 saturated carbocycles. The highest BCUT2D eigenvalue weighted by Crippen LogP contribution is 2.27. The van der Waals surface area contributed by atoms with Crippen LogP contribution >= 0.6 is 0 Å². The van der Waals surface area contributed by atoms with Gasteiger partial charge in [0.15, 0.2) is 0 Å². The molecule has 0 rings (SSSR count). The van der Waals surface area contributed by atoms with Gasteiger partial charge in [0.1, 0.15) is 0 Å². The van der Waals surface area contributed by atoms with Crippen LogP contribution in [0.25, 0.3) is 0 Å². The van der Waals surface area contributed by atoms with E-state index in [1.807, 2.05) is 0 Å². The number of hydrogen-bond donors (Lipinski definition) is 0. The Morgan fingerprint density at radius 2 is 1.33 bits per heavy atom. The van der Waals surface area contributed by atoms with Crippen LogP contribution in [0.4, 0.5) is 26.3 Å². The lowest BCUT2D eigenvalue weighted by Gasteiger charge is -2.14. The zero-order valence-electron chi connectivity index (χ0n) is 10.2. The molecule has 0 aliphatic carbocycles. The molecule has 0 aliphatic rings. The van der Waals surface area contributed by atoms with Crippen LogP contribution < -0.4 is 0 Å². The molecule has 0 heterocycles. The van der Waals surface area contributed by atoms with Gasteiger partial charge in [0.25, 0.3) is 0 Å². The molecule has 6 nitrogen and oxygen atoms in total. The lowest BCUT2D eigenvalue weighted by atomic mass is 10.2. The van der Waals surface area contributed by atoms with Gasteiger partial charge >= 0.3 is 31.3 Å². The van der Waals surface area contributed by atoms with E-state index in [0.29, 0.717) is 0 Å². The molecule has 0 spiro atoms. The van der Waals surface area contributed by atoms with Crippen molar-refractivity contribution in [3.8, 4) is 0 Å². The molecule has 0 fully saturated rings. The third-order valence-corrected chi connectivity index (χ3v) is 4.04. The standard InChI is InChI=1S/C7H10F6O6S2/c1-5(19-21(16,17)7(11,12)13)3-2-4-18-20(14,15)6(8,9)10/h5H,2-4H2,1H3. The Balaban J connectivity index is 4.29. The van der Waals surface area contributed by atoms with Crippen LogP contribution in [-0.4, -0.2) is 40.6 Å². The molecule has 0 aromatic carbocycles. The molecule has 0 amide bonds. The Morgan fingerprint density at radius 3 is 1.71 bits per heavy atom. The van der Waals surface area contributed by atoms with Crippen molar-refractivity contribution in [2.75, 3.05) is 6.61 Å². The molecule has 0 radical (unpaired) electrons. The van der Waals surface area contributed by atoms with Crippen molar-refractivity contribution in [1.29, 1.82) is 0 Å². The molecule has 21 heavy (non-hydrogen) atoms. The number of halogens is 6. The van der Waals surface area contributed by atoms with Crippen LogP contribution in [0.15, 0.2) is 0 Å². The highest BCUT2D eigenvalue weighted by atomic mass is 32.2. The lowest BCUT2D eigenvalue weighted by molar-refractivity contribution is -0.0578. The Bertz CT molecular complexity index is 533. The molecule has 0 aromatic heterocycles. The predicted molar refractivity (Wildman–Crippen MR) is 55.7 cm³/mol. The van der Waals surface area contributed by atoms with Crippen molar-refractivity contribution in [2.45, 2.75) is 36.9 Å². The first-order valence-corrected chi connectivity index (χ1v) is 7.87. The number of rotatable bonds is 7. The van der Waals surface area contributed by atoms with Crippen LogP contribution in [0, 0.1) is 0 Å². The molecule has 128 valence electrons. The minimum Gasteiger partial charge on any atom is -0.263 e. The summed E-state index contributed by atoms with van der Waals surface area (Å²) in [4.78, 5) is 0. The summed E-state index contributed by atoms with van der Waals surface area (Å²) in [5.41, 5.74) is -11.2. The summed E-state index contributed by atoms with van der Waals surface area (Å²) in [6.45, 7) is -0.0663. The molecule has 0 aliphatic heterocycles. The first-order valence-electron chi connectivity index (χ1n) is 5.05. The van der Waals surface area contributed by atoms with Gasteiger partial charge in [0.2, 0.25) is 0 Å². The molecule has 14 heteroatoms. The Morgan fingerprint density at radius 1 is 0.905 bits per heavy atom. The molecule has 1 unspecified atom stereocenters. The summed E-state index contributed by atoms with van der Waals surface area (Å²) < 4.78 is 121. The summed E-state index contributed by atoms with van der Waals surface area (Å²) in [5, 5.41) is 0. The van der Waals surface area contributed by atoms with Gasteiger partial charge in [-0.05, 0) is 19.8 Å². The summed E-state index contributed by atoms with van der Waals surface area (Å²) in [6, 6.07) is 0. The second-order valence-electron chi connectivity index (χ2n) is 3.67. The van der Waals surface area contributed by atoms with Gasteiger partial charge in [0.05, 0.1) is 12.7 Å². The third-order valence-electron chi connectivity index (χ3n) is 1.85. The van der Waals surface area contributed by atoms with Crippen molar-refractivity contribution in [2.24, 2.45) is 0 Å². The Labute approximate surface area is 116 Å². The summed E-state index contributed by atoms with van der Waals surface area (Å²) >= 11 is 0. The molecular formula is C7H10F6O6S2. The molecule has 1 atom stereocenters. The first kappa shape index (κ1) is 20.4.